The number of benzene rings is 14. The van der Waals surface area contributed by atoms with Crippen molar-refractivity contribution in [3.63, 3.8) is 0 Å². The molecule has 14 aromatic carbocycles. The van der Waals surface area contributed by atoms with Gasteiger partial charge in [0.25, 0.3) is 0 Å². The van der Waals surface area contributed by atoms with Crippen molar-refractivity contribution in [1.82, 2.24) is 9.97 Å². The molecule has 0 fully saturated rings. The number of thiophene rings is 1. The van der Waals surface area contributed by atoms with Crippen LogP contribution in [0.2, 0.25) is 0 Å². The van der Waals surface area contributed by atoms with Gasteiger partial charge in [-0.1, -0.05) is 284 Å². The van der Waals surface area contributed by atoms with Crippen molar-refractivity contribution in [1.29, 1.82) is 0 Å². The van der Waals surface area contributed by atoms with E-state index in [1.165, 1.54) is 107 Å². The van der Waals surface area contributed by atoms with Gasteiger partial charge in [0.15, 0.2) is 0 Å². The normalized spacial score (nSPS) is 13.8. The van der Waals surface area contributed by atoms with E-state index in [0.717, 1.165) is 100 Å². The molecule has 18 aromatic rings. The molecule has 6 heteroatoms. The van der Waals surface area contributed by atoms with Crippen molar-refractivity contribution in [3.05, 3.63) is 384 Å². The maximum atomic E-state index is 7.57. The number of fused-ring (bicyclic) bond motifs is 24. The molecule has 2 aliphatic heterocycles. The largest absolute Gasteiger partial charge is 0.456 e. The van der Waals surface area contributed by atoms with Crippen LogP contribution in [0.5, 0.6) is 0 Å². The third kappa shape index (κ3) is 8.40. The Kier molecular flexibility index (Phi) is 12.7. The molecule has 0 atom stereocenters. The Labute approximate surface area is 602 Å². The summed E-state index contributed by atoms with van der Waals surface area (Å²) >= 11 is 5.64. The molecule has 0 saturated carbocycles. The smallest absolute Gasteiger partial charge is 0.136 e. The molecule has 4 aromatic heterocycles. The summed E-state index contributed by atoms with van der Waals surface area (Å²) in [5.74, 6) is 0. The number of nitrogens with zero attached hydrogens (tertiary/aromatic N) is 2. The van der Waals surface area contributed by atoms with Gasteiger partial charge in [0, 0.05) is 72.8 Å². The summed E-state index contributed by atoms with van der Waals surface area (Å²) in [5, 5.41) is 4.56. The highest BCUT2D eigenvalue weighted by molar-refractivity contribution is 7.99. The second kappa shape index (κ2) is 22.3. The van der Waals surface area contributed by atoms with Crippen molar-refractivity contribution >= 4 is 77.0 Å². The molecule has 4 aliphatic rings. The lowest BCUT2D eigenvalue weighted by atomic mass is 9.67. The van der Waals surface area contributed by atoms with Gasteiger partial charge in [-0.2, -0.15) is 0 Å². The zero-order valence-corrected chi connectivity index (χ0v) is 57.3. The Morgan fingerprint density at radius 2 is 0.657 bits per heavy atom. The van der Waals surface area contributed by atoms with Crippen LogP contribution in [0, 0.1) is 0 Å². The maximum absolute atomic E-state index is 7.57. The van der Waals surface area contributed by atoms with E-state index in [9.17, 15) is 0 Å². The minimum absolute atomic E-state index is 0.568. The number of aromatic nitrogens is 2. The Hall–Kier alpha value is -11.9. The number of hydrogen-bond donors (Lipinski definition) is 0. The number of hydrogen-bond acceptors (Lipinski definition) is 6. The summed E-state index contributed by atoms with van der Waals surface area (Å²) in [5.41, 5.74) is 30.5. The number of rotatable bonds is 7. The van der Waals surface area contributed by atoms with Crippen LogP contribution in [-0.2, 0) is 10.8 Å². The fourth-order valence-electron chi connectivity index (χ4n) is 17.7. The number of furan rings is 1. The van der Waals surface area contributed by atoms with E-state index >= 15 is 0 Å². The van der Waals surface area contributed by atoms with Gasteiger partial charge in [0.2, 0.25) is 0 Å². The van der Waals surface area contributed by atoms with Crippen molar-refractivity contribution in [2.24, 2.45) is 0 Å². The molecular weight excluding hydrogens is 1290 g/mol. The quantitative estimate of drug-likeness (QED) is 0.159. The first-order valence-corrected chi connectivity index (χ1v) is 37.3. The molecule has 2 spiro atoms. The zero-order valence-electron chi connectivity index (χ0n) is 54.9. The minimum atomic E-state index is -0.622. The Morgan fingerprint density at radius 1 is 0.225 bits per heavy atom. The fraction of sp³-hybridized carbons (Fsp3) is 0.0208. The van der Waals surface area contributed by atoms with Crippen molar-refractivity contribution in [3.8, 4) is 101 Å². The molecule has 102 heavy (non-hydrogen) atoms. The molecule has 0 N–H and O–H groups in total. The van der Waals surface area contributed by atoms with Crippen LogP contribution in [-0.4, -0.2) is 9.97 Å². The lowest BCUT2D eigenvalue weighted by molar-refractivity contribution is 0.662. The first kappa shape index (κ1) is 57.9. The first-order chi connectivity index (χ1) is 50.5. The van der Waals surface area contributed by atoms with E-state index in [1.807, 2.05) is 34.9 Å². The van der Waals surface area contributed by atoms with Gasteiger partial charge in [0.05, 0.1) is 33.6 Å². The first-order valence-electron chi connectivity index (χ1n) is 34.8. The highest BCUT2D eigenvalue weighted by Crippen LogP contribution is 2.66. The summed E-state index contributed by atoms with van der Waals surface area (Å²) in [4.78, 5) is 16.2. The van der Waals surface area contributed by atoms with Gasteiger partial charge in [-0.05, 0) is 179 Å². The molecule has 0 unspecified atom stereocenters. The molecule has 474 valence electrons. The van der Waals surface area contributed by atoms with Crippen LogP contribution in [0.3, 0.4) is 0 Å². The second-order valence-electron chi connectivity index (χ2n) is 27.3. The molecule has 0 radical (unpaired) electrons. The lowest BCUT2D eigenvalue weighted by Gasteiger charge is -2.40. The summed E-state index contributed by atoms with van der Waals surface area (Å²) in [6.07, 6.45) is 0. The van der Waals surface area contributed by atoms with Crippen LogP contribution in [0.4, 0.5) is 0 Å². The van der Waals surface area contributed by atoms with Gasteiger partial charge in [-0.3, -0.25) is 0 Å². The van der Waals surface area contributed by atoms with Crippen LogP contribution in [0.1, 0.15) is 44.5 Å². The fourth-order valence-corrected chi connectivity index (χ4v) is 21.3. The highest BCUT2D eigenvalue weighted by atomic mass is 32.2. The summed E-state index contributed by atoms with van der Waals surface area (Å²) in [6.45, 7) is 0. The van der Waals surface area contributed by atoms with E-state index in [4.69, 9.17) is 14.4 Å². The predicted molar refractivity (Wildman–Crippen MR) is 423 cm³/mol. The Balaban J connectivity index is 0.778. The van der Waals surface area contributed by atoms with Gasteiger partial charge in [-0.15, -0.1) is 11.3 Å². The third-order valence-electron chi connectivity index (χ3n) is 22.0. The standard InChI is InChI=1S/C96H56N2OS3/c1-5-24-57(25-6-1)63-47-81(59-28-9-3-10-29-59)97-83(49-63)69-36-23-43-88-94(69)72-54-92-80(56-89(72)101-88)96(75-39-19-15-34-67(75)68-35-16-20-40-76(68)96)78-45-44-61(52-90(78)102-92)62-46-70(84-50-64(58-26-7-2-8-27-58)48-82(98-84)60-30-11-4-12-31-60)93-71-53-91-79(55-85(71)99-86(93)51-62)95(77-41-21-22-42-87(77)100-91)73-37-17-13-32-65(73)66-33-14-18-38-74(66)95/h1-56H. The van der Waals surface area contributed by atoms with E-state index in [-0.39, 0.29) is 0 Å². The van der Waals surface area contributed by atoms with Gasteiger partial charge < -0.3 is 4.42 Å². The average Bonchev–Trinajstić information content (AvgIpc) is 1.32. The van der Waals surface area contributed by atoms with Crippen LogP contribution < -0.4 is 0 Å². The topological polar surface area (TPSA) is 38.9 Å². The lowest BCUT2D eigenvalue weighted by Crippen LogP contribution is -2.32. The Morgan fingerprint density at radius 3 is 1.23 bits per heavy atom. The molecule has 6 heterocycles. The maximum Gasteiger partial charge on any atom is 0.136 e. The molecule has 3 nitrogen and oxygen atoms in total. The zero-order chi connectivity index (χ0) is 66.8. The summed E-state index contributed by atoms with van der Waals surface area (Å²) in [6, 6.07) is 126. The third-order valence-corrected chi connectivity index (χ3v) is 25.4. The van der Waals surface area contributed by atoms with Crippen molar-refractivity contribution in [2.45, 2.75) is 30.4 Å². The van der Waals surface area contributed by atoms with Crippen LogP contribution in [0.25, 0.3) is 143 Å². The summed E-state index contributed by atoms with van der Waals surface area (Å²) < 4.78 is 10.1. The van der Waals surface area contributed by atoms with Gasteiger partial charge >= 0.3 is 0 Å². The van der Waals surface area contributed by atoms with E-state index < -0.39 is 10.8 Å². The average molecular weight is 1350 g/mol. The highest BCUT2D eigenvalue weighted by Gasteiger charge is 2.52. The molecule has 2 aliphatic carbocycles. The summed E-state index contributed by atoms with van der Waals surface area (Å²) in [7, 11) is 0. The van der Waals surface area contributed by atoms with Crippen LogP contribution >= 0.6 is 34.9 Å². The van der Waals surface area contributed by atoms with E-state index in [1.54, 1.807) is 0 Å². The number of pyridine rings is 2. The van der Waals surface area contributed by atoms with Crippen molar-refractivity contribution in [2.75, 3.05) is 0 Å². The monoisotopic (exact) mass is 1350 g/mol. The van der Waals surface area contributed by atoms with E-state index in [0.29, 0.717) is 0 Å². The molecular formula is C96H56N2OS3. The van der Waals surface area contributed by atoms with Crippen LogP contribution in [0.15, 0.2) is 364 Å². The van der Waals surface area contributed by atoms with Crippen molar-refractivity contribution < 1.29 is 4.42 Å². The predicted octanol–water partition coefficient (Wildman–Crippen LogP) is 26.1. The Bertz CT molecular complexity index is 6370. The second-order valence-corrected chi connectivity index (χ2v) is 30.5. The molecule has 0 saturated heterocycles. The van der Waals surface area contributed by atoms with Gasteiger partial charge in [-0.25, -0.2) is 9.97 Å². The molecule has 22 rings (SSSR count). The van der Waals surface area contributed by atoms with E-state index in [2.05, 4.69) is 340 Å². The minimum Gasteiger partial charge on any atom is -0.456 e. The molecule has 0 amide bonds. The van der Waals surface area contributed by atoms with Gasteiger partial charge in [0.1, 0.15) is 11.2 Å². The SMILES string of the molecule is c1ccc(-c2cc(-c3ccccc3)nc(-c3cc(-c4ccc5c(c4)Sc4cc6c(cc4C54c5ccccc5-c5ccccc54)sc4cccc(-c5cc(-c7ccccc7)cc(-c7ccccc7)n5)c46)cc4oc5cc6c(cc5c34)Sc3ccccc3C63c4ccccc4-c4ccccc43)c2)cc1. The molecule has 0 bridgehead atoms.